The number of thioether (sulfide) groups is 1. The van der Waals surface area contributed by atoms with Crippen LogP contribution in [0.25, 0.3) is 0 Å². The lowest BCUT2D eigenvalue weighted by molar-refractivity contribution is 0.0455. The van der Waals surface area contributed by atoms with E-state index in [2.05, 4.69) is 15.4 Å². The highest BCUT2D eigenvalue weighted by atomic mass is 32.2. The molecule has 1 fully saturated rings. The van der Waals surface area contributed by atoms with Crippen LogP contribution in [0.1, 0.15) is 11.5 Å². The van der Waals surface area contributed by atoms with Crippen molar-refractivity contribution in [2.24, 2.45) is 5.84 Å². The van der Waals surface area contributed by atoms with Gasteiger partial charge in [-0.05, 0) is 6.92 Å². The number of aryl methyl sites for hydroxylation is 1. The first kappa shape index (κ1) is 10.7. The molecule has 0 aliphatic carbocycles. The minimum absolute atomic E-state index is 0.600. The molecule has 0 atom stereocenters. The zero-order valence-electron chi connectivity index (χ0n) is 8.56. The molecule has 5 nitrogen and oxygen atoms in total. The van der Waals surface area contributed by atoms with E-state index >= 15 is 0 Å². The molecular weight excluding hydrogens is 212 g/mol. The number of anilines is 1. The second-order valence-corrected chi connectivity index (χ2v) is 4.71. The van der Waals surface area contributed by atoms with Gasteiger partial charge in [0.15, 0.2) is 0 Å². The van der Waals surface area contributed by atoms with E-state index in [0.717, 1.165) is 30.5 Å². The van der Waals surface area contributed by atoms with Crippen LogP contribution >= 0.6 is 11.8 Å². The Morgan fingerprint density at radius 1 is 1.60 bits per heavy atom. The van der Waals surface area contributed by atoms with Crippen LogP contribution < -0.4 is 11.3 Å². The van der Waals surface area contributed by atoms with E-state index in [1.807, 2.05) is 24.8 Å². The van der Waals surface area contributed by atoms with Crippen LogP contribution in [0.2, 0.25) is 0 Å². The smallest absolute Gasteiger partial charge is 0.143 e. The van der Waals surface area contributed by atoms with Crippen molar-refractivity contribution in [3.05, 3.63) is 17.6 Å². The summed E-state index contributed by atoms with van der Waals surface area (Å²) in [5.74, 6) is 7.61. The molecule has 0 saturated carbocycles. The van der Waals surface area contributed by atoms with Gasteiger partial charge < -0.3 is 10.2 Å². The summed E-state index contributed by atoms with van der Waals surface area (Å²) in [5, 5.41) is 0.600. The average Bonchev–Trinajstić information content (AvgIpc) is 2.14. The van der Waals surface area contributed by atoms with Crippen LogP contribution in [-0.2, 0) is 10.5 Å². The van der Waals surface area contributed by atoms with Gasteiger partial charge in [-0.25, -0.2) is 15.8 Å². The molecule has 1 aromatic rings. The number of ether oxygens (including phenoxy) is 1. The van der Waals surface area contributed by atoms with Gasteiger partial charge in [-0.15, -0.1) is 11.8 Å². The van der Waals surface area contributed by atoms with Crippen molar-refractivity contribution in [1.29, 1.82) is 0 Å². The van der Waals surface area contributed by atoms with Crippen LogP contribution in [-0.4, -0.2) is 28.4 Å². The minimum atomic E-state index is 0.600. The Bertz CT molecular complexity index is 343. The molecule has 1 aliphatic rings. The van der Waals surface area contributed by atoms with Crippen LogP contribution in [0.5, 0.6) is 0 Å². The van der Waals surface area contributed by atoms with Gasteiger partial charge >= 0.3 is 0 Å². The molecule has 1 aliphatic heterocycles. The number of rotatable bonds is 4. The zero-order valence-corrected chi connectivity index (χ0v) is 9.38. The van der Waals surface area contributed by atoms with Crippen LogP contribution in [0.4, 0.5) is 5.82 Å². The number of hydrazine groups is 1. The van der Waals surface area contributed by atoms with Crippen molar-refractivity contribution in [3.63, 3.8) is 0 Å². The molecule has 2 heterocycles. The third kappa shape index (κ3) is 2.80. The van der Waals surface area contributed by atoms with Crippen molar-refractivity contribution in [2.75, 3.05) is 18.6 Å². The SMILES string of the molecule is Cc1cc(NN)nc(CSC2COC2)n1. The van der Waals surface area contributed by atoms with E-state index < -0.39 is 0 Å². The number of nitrogen functional groups attached to an aromatic ring is 1. The molecule has 0 bridgehead atoms. The molecule has 0 radical (unpaired) electrons. The summed E-state index contributed by atoms with van der Waals surface area (Å²) >= 11 is 1.83. The van der Waals surface area contributed by atoms with Crippen LogP contribution in [0.15, 0.2) is 6.07 Å². The molecule has 0 spiro atoms. The molecule has 1 aromatic heterocycles. The highest BCUT2D eigenvalue weighted by molar-refractivity contribution is 7.99. The van der Waals surface area contributed by atoms with Gasteiger partial charge in [-0.3, -0.25) is 0 Å². The maximum atomic E-state index is 5.31. The molecule has 2 rings (SSSR count). The standard InChI is InChI=1S/C9H14N4OS/c1-6-2-8(13-10)12-9(11-6)5-15-7-3-14-4-7/h2,7H,3-5,10H2,1H3,(H,11,12,13). The summed E-state index contributed by atoms with van der Waals surface area (Å²) in [6.07, 6.45) is 0. The molecule has 15 heavy (non-hydrogen) atoms. The normalized spacial score (nSPS) is 16.1. The van der Waals surface area contributed by atoms with Crippen molar-refractivity contribution in [1.82, 2.24) is 9.97 Å². The number of nitrogens with two attached hydrogens (primary N) is 1. The lowest BCUT2D eigenvalue weighted by Crippen LogP contribution is -2.30. The number of hydrogen-bond acceptors (Lipinski definition) is 6. The largest absolute Gasteiger partial charge is 0.379 e. The molecule has 82 valence electrons. The van der Waals surface area contributed by atoms with E-state index in [1.165, 1.54) is 0 Å². The topological polar surface area (TPSA) is 73.1 Å². The highest BCUT2D eigenvalue weighted by Gasteiger charge is 2.19. The fraction of sp³-hybridized carbons (Fsp3) is 0.556. The summed E-state index contributed by atoms with van der Waals surface area (Å²) in [6.45, 7) is 3.63. The summed E-state index contributed by atoms with van der Waals surface area (Å²) < 4.78 is 5.10. The average molecular weight is 226 g/mol. The van der Waals surface area contributed by atoms with Crippen LogP contribution in [0, 0.1) is 6.92 Å². The monoisotopic (exact) mass is 226 g/mol. The predicted octanol–water partition coefficient (Wildman–Crippen LogP) is 0.703. The molecule has 1 saturated heterocycles. The number of nitrogens with one attached hydrogen (secondary N) is 1. The Labute approximate surface area is 92.8 Å². The second kappa shape index (κ2) is 4.78. The summed E-state index contributed by atoms with van der Waals surface area (Å²) in [4.78, 5) is 8.62. The Balaban J connectivity index is 1.96. The van der Waals surface area contributed by atoms with Crippen LogP contribution in [0.3, 0.4) is 0 Å². The molecule has 0 unspecified atom stereocenters. The van der Waals surface area contributed by atoms with Gasteiger partial charge in [0, 0.05) is 11.8 Å². The second-order valence-electron chi connectivity index (χ2n) is 3.43. The Morgan fingerprint density at radius 2 is 2.40 bits per heavy atom. The number of nitrogens with zero attached hydrogens (tertiary/aromatic N) is 2. The van der Waals surface area contributed by atoms with E-state index in [0.29, 0.717) is 11.1 Å². The molecule has 3 N–H and O–H groups in total. The van der Waals surface area contributed by atoms with Crippen molar-refractivity contribution in [2.45, 2.75) is 17.9 Å². The lowest BCUT2D eigenvalue weighted by Gasteiger charge is -2.24. The fourth-order valence-corrected chi connectivity index (χ4v) is 2.17. The fourth-order valence-electron chi connectivity index (χ4n) is 1.27. The van der Waals surface area contributed by atoms with Gasteiger partial charge in [0.2, 0.25) is 0 Å². The van der Waals surface area contributed by atoms with Gasteiger partial charge in [0.1, 0.15) is 11.6 Å². The Morgan fingerprint density at radius 3 is 3.00 bits per heavy atom. The van der Waals surface area contributed by atoms with Gasteiger partial charge in [-0.1, -0.05) is 0 Å². The van der Waals surface area contributed by atoms with Gasteiger partial charge in [-0.2, -0.15) is 0 Å². The van der Waals surface area contributed by atoms with Gasteiger partial charge in [0.05, 0.1) is 24.2 Å². The predicted molar refractivity (Wildman–Crippen MR) is 60.5 cm³/mol. The molecule has 0 amide bonds. The summed E-state index contributed by atoms with van der Waals surface area (Å²) in [5.41, 5.74) is 3.47. The Hall–Kier alpha value is -0.850. The van der Waals surface area contributed by atoms with Gasteiger partial charge in [0.25, 0.3) is 0 Å². The van der Waals surface area contributed by atoms with Crippen molar-refractivity contribution in [3.8, 4) is 0 Å². The Kier molecular flexibility index (Phi) is 3.40. The van der Waals surface area contributed by atoms with E-state index in [1.54, 1.807) is 0 Å². The lowest BCUT2D eigenvalue weighted by atomic mass is 10.4. The van der Waals surface area contributed by atoms with E-state index in [-0.39, 0.29) is 0 Å². The number of hydrogen-bond donors (Lipinski definition) is 2. The zero-order chi connectivity index (χ0) is 10.7. The minimum Gasteiger partial charge on any atom is -0.379 e. The highest BCUT2D eigenvalue weighted by Crippen LogP contribution is 2.22. The maximum absolute atomic E-state index is 5.31. The number of aromatic nitrogens is 2. The first-order valence-corrected chi connectivity index (χ1v) is 5.83. The maximum Gasteiger partial charge on any atom is 0.143 e. The molecule has 6 heteroatoms. The van der Waals surface area contributed by atoms with Crippen molar-refractivity contribution < 1.29 is 4.74 Å². The third-order valence-corrected chi connectivity index (χ3v) is 3.27. The van der Waals surface area contributed by atoms with Crippen molar-refractivity contribution >= 4 is 17.6 Å². The summed E-state index contributed by atoms with van der Waals surface area (Å²) in [7, 11) is 0. The first-order chi connectivity index (χ1) is 7.28. The molecule has 0 aromatic carbocycles. The quantitative estimate of drug-likeness (QED) is 0.581. The third-order valence-electron chi connectivity index (χ3n) is 2.10. The van der Waals surface area contributed by atoms with E-state index in [4.69, 9.17) is 10.6 Å². The summed E-state index contributed by atoms with van der Waals surface area (Å²) in [6, 6.07) is 1.82. The van der Waals surface area contributed by atoms with E-state index in [9.17, 15) is 0 Å². The molecular formula is C9H14N4OS. The first-order valence-electron chi connectivity index (χ1n) is 4.78.